The van der Waals surface area contributed by atoms with Gasteiger partial charge in [0, 0.05) is 37.9 Å². The summed E-state index contributed by atoms with van der Waals surface area (Å²) in [4.78, 5) is 10.4. The number of hydrogen-bond acceptors (Lipinski definition) is 4. The molecule has 10 aromatic rings. The first-order valence-electron chi connectivity index (χ1n) is 14.4. The molecule has 0 saturated carbocycles. The standard InChI is InChI=1S/C38H21N3O2/c1-2-12-22(13-3-1)34-23-14-4-8-18-27(23)39-38(40-34)41-28-19-9-5-15-24(28)33-35(41)37-32(26-17-7-11-21-30(26)43-37)31-25-16-6-10-20-29(25)42-36(31)33/h1-21H. The van der Waals surface area contributed by atoms with E-state index in [-0.39, 0.29) is 0 Å². The zero-order valence-electron chi connectivity index (χ0n) is 22.8. The average molecular weight is 552 g/mol. The van der Waals surface area contributed by atoms with E-state index in [1.807, 2.05) is 54.6 Å². The molecule has 0 saturated heterocycles. The van der Waals surface area contributed by atoms with Gasteiger partial charge in [-0.15, -0.1) is 0 Å². The van der Waals surface area contributed by atoms with Gasteiger partial charge in [-0.05, 0) is 24.3 Å². The summed E-state index contributed by atoms with van der Waals surface area (Å²) in [5, 5.41) is 7.28. The molecule has 0 atom stereocenters. The lowest BCUT2D eigenvalue weighted by atomic mass is 10.0. The van der Waals surface area contributed by atoms with E-state index in [9.17, 15) is 0 Å². The molecule has 43 heavy (non-hydrogen) atoms. The number of benzene rings is 6. The Morgan fingerprint density at radius 2 is 1.05 bits per heavy atom. The number of fused-ring (bicyclic) bond motifs is 13. The van der Waals surface area contributed by atoms with E-state index >= 15 is 0 Å². The molecule has 0 bridgehead atoms. The van der Waals surface area contributed by atoms with Crippen molar-refractivity contribution in [1.29, 1.82) is 0 Å². The van der Waals surface area contributed by atoms with Gasteiger partial charge in [-0.3, -0.25) is 4.57 Å². The minimum absolute atomic E-state index is 0.584. The number of nitrogens with zero attached hydrogens (tertiary/aromatic N) is 3. The molecule has 10 rings (SSSR count). The molecule has 200 valence electrons. The Morgan fingerprint density at radius 3 is 1.81 bits per heavy atom. The number of aromatic nitrogens is 3. The van der Waals surface area contributed by atoms with Crippen LogP contribution in [-0.4, -0.2) is 14.5 Å². The molecule has 5 heteroatoms. The quantitative estimate of drug-likeness (QED) is 0.214. The van der Waals surface area contributed by atoms with Gasteiger partial charge in [-0.25, -0.2) is 9.97 Å². The minimum atomic E-state index is 0.584. The highest BCUT2D eigenvalue weighted by Gasteiger charge is 2.27. The molecule has 0 unspecified atom stereocenters. The van der Waals surface area contributed by atoms with E-state index in [0.717, 1.165) is 87.8 Å². The van der Waals surface area contributed by atoms with Gasteiger partial charge in [0.25, 0.3) is 0 Å². The second-order valence-corrected chi connectivity index (χ2v) is 10.9. The normalized spacial score (nSPS) is 12.2. The third kappa shape index (κ3) is 3.00. The second kappa shape index (κ2) is 8.30. The van der Waals surface area contributed by atoms with Crippen LogP contribution in [0.2, 0.25) is 0 Å². The lowest BCUT2D eigenvalue weighted by Crippen LogP contribution is -2.03. The van der Waals surface area contributed by atoms with Crippen LogP contribution in [0.1, 0.15) is 0 Å². The fraction of sp³-hybridized carbons (Fsp3) is 0. The molecule has 0 fully saturated rings. The highest BCUT2D eigenvalue weighted by Crippen LogP contribution is 2.48. The Bertz CT molecular complexity index is 2730. The smallest absolute Gasteiger partial charge is 0.235 e. The summed E-state index contributed by atoms with van der Waals surface area (Å²) in [7, 11) is 0. The first-order chi connectivity index (χ1) is 21.3. The summed E-state index contributed by atoms with van der Waals surface area (Å²) < 4.78 is 15.6. The Labute approximate surface area is 244 Å². The molecule has 4 heterocycles. The Kier molecular flexibility index (Phi) is 4.39. The second-order valence-electron chi connectivity index (χ2n) is 10.9. The van der Waals surface area contributed by atoms with Crippen LogP contribution in [0.4, 0.5) is 0 Å². The van der Waals surface area contributed by atoms with Crippen molar-refractivity contribution < 1.29 is 8.83 Å². The number of para-hydroxylation sites is 4. The molecule has 4 aromatic heterocycles. The van der Waals surface area contributed by atoms with Crippen LogP contribution in [0.15, 0.2) is 136 Å². The molecule has 0 amide bonds. The molecule has 0 N–H and O–H groups in total. The predicted octanol–water partition coefficient (Wildman–Crippen LogP) is 10.2. The van der Waals surface area contributed by atoms with Gasteiger partial charge in [-0.1, -0.05) is 103 Å². The Morgan fingerprint density at radius 1 is 0.465 bits per heavy atom. The number of hydrogen-bond donors (Lipinski definition) is 0. The van der Waals surface area contributed by atoms with Gasteiger partial charge in [0.2, 0.25) is 5.95 Å². The van der Waals surface area contributed by atoms with Crippen LogP contribution in [-0.2, 0) is 0 Å². The van der Waals surface area contributed by atoms with Crippen molar-refractivity contribution in [1.82, 2.24) is 14.5 Å². The van der Waals surface area contributed by atoms with Crippen molar-refractivity contribution in [2.75, 3.05) is 0 Å². The summed E-state index contributed by atoms with van der Waals surface area (Å²) in [5.41, 5.74) is 8.01. The molecule has 0 aliphatic rings. The monoisotopic (exact) mass is 551 g/mol. The summed E-state index contributed by atoms with van der Waals surface area (Å²) >= 11 is 0. The van der Waals surface area contributed by atoms with Crippen molar-refractivity contribution in [2.24, 2.45) is 0 Å². The van der Waals surface area contributed by atoms with Crippen LogP contribution in [0.3, 0.4) is 0 Å². The fourth-order valence-corrected chi connectivity index (χ4v) is 6.80. The van der Waals surface area contributed by atoms with E-state index in [1.54, 1.807) is 0 Å². The van der Waals surface area contributed by atoms with Gasteiger partial charge in [0.1, 0.15) is 22.3 Å². The predicted molar refractivity (Wildman–Crippen MR) is 174 cm³/mol. The molecular formula is C38H21N3O2. The zero-order valence-corrected chi connectivity index (χ0v) is 22.8. The lowest BCUT2D eigenvalue weighted by molar-refractivity contribution is 0.667. The minimum Gasteiger partial charge on any atom is -0.455 e. The SMILES string of the molecule is c1ccc(-c2nc(-n3c4ccccc4c4c5oc6ccccc6c5c5c6ccccc6oc5c43)nc3ccccc23)cc1. The summed E-state index contributed by atoms with van der Waals surface area (Å²) in [6, 6.07) is 43.4. The Balaban J connectivity index is 1.48. The van der Waals surface area contributed by atoms with E-state index in [1.165, 1.54) is 0 Å². The maximum absolute atomic E-state index is 6.77. The van der Waals surface area contributed by atoms with Crippen molar-refractivity contribution in [3.63, 3.8) is 0 Å². The van der Waals surface area contributed by atoms with Crippen molar-refractivity contribution in [3.05, 3.63) is 127 Å². The third-order valence-corrected chi connectivity index (χ3v) is 8.60. The van der Waals surface area contributed by atoms with Gasteiger partial charge in [0.15, 0.2) is 5.58 Å². The first kappa shape index (κ1) is 22.7. The molecular weight excluding hydrogens is 530 g/mol. The summed E-state index contributed by atoms with van der Waals surface area (Å²) in [6.07, 6.45) is 0. The molecule has 6 aromatic carbocycles. The molecule has 5 nitrogen and oxygen atoms in total. The highest BCUT2D eigenvalue weighted by molar-refractivity contribution is 6.38. The van der Waals surface area contributed by atoms with Crippen LogP contribution < -0.4 is 0 Å². The number of furan rings is 2. The fourth-order valence-electron chi connectivity index (χ4n) is 6.80. The average Bonchev–Trinajstić information content (AvgIpc) is 3.74. The molecule has 0 aliphatic carbocycles. The topological polar surface area (TPSA) is 57.0 Å². The van der Waals surface area contributed by atoms with Gasteiger partial charge < -0.3 is 8.83 Å². The van der Waals surface area contributed by atoms with E-state index in [2.05, 4.69) is 77.4 Å². The summed E-state index contributed by atoms with van der Waals surface area (Å²) in [5.74, 6) is 0.584. The van der Waals surface area contributed by atoms with Gasteiger partial charge >= 0.3 is 0 Å². The van der Waals surface area contributed by atoms with Crippen LogP contribution >= 0.6 is 0 Å². The Hall–Kier alpha value is -5.94. The zero-order chi connectivity index (χ0) is 28.1. The number of rotatable bonds is 2. The third-order valence-electron chi connectivity index (χ3n) is 8.60. The van der Waals surface area contributed by atoms with E-state index in [0.29, 0.717) is 5.95 Å². The molecule has 0 radical (unpaired) electrons. The maximum Gasteiger partial charge on any atom is 0.235 e. The van der Waals surface area contributed by atoms with Crippen LogP contribution in [0.25, 0.3) is 93.8 Å². The molecule has 0 spiro atoms. The maximum atomic E-state index is 6.77. The van der Waals surface area contributed by atoms with Gasteiger partial charge in [-0.2, -0.15) is 0 Å². The molecule has 0 aliphatic heterocycles. The van der Waals surface area contributed by atoms with E-state index in [4.69, 9.17) is 18.8 Å². The van der Waals surface area contributed by atoms with Crippen molar-refractivity contribution >= 4 is 76.6 Å². The van der Waals surface area contributed by atoms with Gasteiger partial charge in [0.05, 0.1) is 22.1 Å². The van der Waals surface area contributed by atoms with Crippen LogP contribution in [0, 0.1) is 0 Å². The lowest BCUT2D eigenvalue weighted by Gasteiger charge is -2.11. The summed E-state index contributed by atoms with van der Waals surface area (Å²) in [6.45, 7) is 0. The van der Waals surface area contributed by atoms with Crippen molar-refractivity contribution in [2.45, 2.75) is 0 Å². The van der Waals surface area contributed by atoms with Crippen molar-refractivity contribution in [3.8, 4) is 17.2 Å². The van der Waals surface area contributed by atoms with E-state index < -0.39 is 0 Å². The first-order valence-corrected chi connectivity index (χ1v) is 14.4. The van der Waals surface area contributed by atoms with Crippen LogP contribution in [0.5, 0.6) is 0 Å². The largest absolute Gasteiger partial charge is 0.455 e. The highest BCUT2D eigenvalue weighted by atomic mass is 16.3.